The minimum Gasteiger partial charge on any atom is -0.395 e. The highest BCUT2D eigenvalue weighted by molar-refractivity contribution is 7.53. The molecule has 10 nitrogen and oxygen atoms in total. The lowest BCUT2D eigenvalue weighted by atomic mass is 9.92. The van der Waals surface area contributed by atoms with Crippen molar-refractivity contribution in [3.63, 3.8) is 0 Å². The lowest BCUT2D eigenvalue weighted by molar-refractivity contribution is -0.0567. The zero-order chi connectivity index (χ0) is 13.9. The van der Waals surface area contributed by atoms with Gasteiger partial charge < -0.3 is 34.9 Å². The van der Waals surface area contributed by atoms with Crippen molar-refractivity contribution < 1.29 is 48.5 Å². The SMILES string of the molecule is O=P(O)(O)OC(C(CO)(CO)CO)P(=O)(O)O. The van der Waals surface area contributed by atoms with E-state index in [1.54, 1.807) is 0 Å². The molecule has 0 heterocycles. The normalized spacial score (nSPS) is 15.9. The number of aliphatic hydroxyl groups excluding tert-OH is 3. The maximum atomic E-state index is 11.0. The van der Waals surface area contributed by atoms with Crippen LogP contribution >= 0.6 is 15.4 Å². The van der Waals surface area contributed by atoms with Gasteiger partial charge in [0.15, 0.2) is 5.85 Å². The number of hydrogen-bond donors (Lipinski definition) is 7. The first kappa shape index (κ1) is 17.1. The van der Waals surface area contributed by atoms with Gasteiger partial charge in [0.25, 0.3) is 0 Å². The highest BCUT2D eigenvalue weighted by Gasteiger charge is 2.51. The van der Waals surface area contributed by atoms with Crippen LogP contribution in [0.15, 0.2) is 0 Å². The molecule has 0 bridgehead atoms. The molecule has 0 spiro atoms. The molecule has 0 amide bonds. The topological polar surface area (TPSA) is 185 Å². The number of aliphatic hydroxyl groups is 3. The van der Waals surface area contributed by atoms with Crippen LogP contribution in [-0.4, -0.2) is 60.6 Å². The molecule has 0 aromatic carbocycles. The van der Waals surface area contributed by atoms with Gasteiger partial charge in [-0.25, -0.2) is 4.57 Å². The second kappa shape index (κ2) is 5.85. The van der Waals surface area contributed by atoms with E-state index in [9.17, 15) is 9.13 Å². The monoisotopic (exact) mass is 296 g/mol. The number of hydrogen-bond acceptors (Lipinski definition) is 6. The maximum absolute atomic E-state index is 11.0. The minimum atomic E-state index is -5.28. The van der Waals surface area contributed by atoms with E-state index in [0.717, 1.165) is 0 Å². The molecule has 104 valence electrons. The average molecular weight is 296 g/mol. The predicted octanol–water partition coefficient (Wildman–Crippen LogP) is -2.44. The number of rotatable bonds is 7. The summed E-state index contributed by atoms with van der Waals surface area (Å²) in [6.45, 7) is -3.43. The van der Waals surface area contributed by atoms with Crippen molar-refractivity contribution in [3.8, 4) is 0 Å². The zero-order valence-corrected chi connectivity index (χ0v) is 10.2. The summed E-state index contributed by atoms with van der Waals surface area (Å²) in [7, 11) is -10.5. The molecule has 0 saturated carbocycles. The van der Waals surface area contributed by atoms with Crippen LogP contribution in [0.2, 0.25) is 0 Å². The second-order valence-corrected chi connectivity index (χ2v) is 6.21. The molecule has 0 saturated heterocycles. The standard InChI is InChI=1S/C5H14O10P2/c6-1-5(2-7,3-8)4(16(9,10)11)15-17(12,13)14/h4,6-8H,1-3H2,(H2,9,10,11)(H2,12,13,14). The highest BCUT2D eigenvalue weighted by atomic mass is 31.2. The molecule has 0 fully saturated rings. The van der Waals surface area contributed by atoms with Gasteiger partial charge >= 0.3 is 15.4 Å². The third-order valence-electron chi connectivity index (χ3n) is 2.01. The van der Waals surface area contributed by atoms with Crippen LogP contribution in [0.3, 0.4) is 0 Å². The average Bonchev–Trinajstić information content (AvgIpc) is 2.16. The maximum Gasteiger partial charge on any atom is 0.470 e. The van der Waals surface area contributed by atoms with Crippen molar-refractivity contribution in [1.82, 2.24) is 0 Å². The van der Waals surface area contributed by atoms with Crippen molar-refractivity contribution in [2.24, 2.45) is 5.41 Å². The Morgan fingerprint density at radius 3 is 1.47 bits per heavy atom. The Morgan fingerprint density at radius 2 is 1.29 bits per heavy atom. The summed E-state index contributed by atoms with van der Waals surface area (Å²) < 4.78 is 25.5. The van der Waals surface area contributed by atoms with Gasteiger partial charge in [0, 0.05) is 0 Å². The molecular formula is C5H14O10P2. The molecule has 17 heavy (non-hydrogen) atoms. The molecule has 0 aromatic rings. The lowest BCUT2D eigenvalue weighted by Crippen LogP contribution is -2.46. The quantitative estimate of drug-likeness (QED) is 0.249. The molecule has 1 atom stereocenters. The fourth-order valence-corrected chi connectivity index (χ4v) is 3.35. The summed E-state index contributed by atoms with van der Waals surface area (Å²) in [5.74, 6) is -2.53. The van der Waals surface area contributed by atoms with Crippen LogP contribution in [0.25, 0.3) is 0 Å². The smallest absolute Gasteiger partial charge is 0.395 e. The molecule has 12 heteroatoms. The van der Waals surface area contributed by atoms with E-state index in [0.29, 0.717) is 0 Å². The molecule has 1 unspecified atom stereocenters. The van der Waals surface area contributed by atoms with Gasteiger partial charge in [-0.05, 0) is 0 Å². The Bertz CT molecular complexity index is 317. The van der Waals surface area contributed by atoms with Gasteiger partial charge in [-0.2, -0.15) is 0 Å². The Morgan fingerprint density at radius 1 is 0.941 bits per heavy atom. The highest BCUT2D eigenvalue weighted by Crippen LogP contribution is 2.56. The Labute approximate surface area is 95.9 Å². The molecule has 0 radical (unpaired) electrons. The first-order chi connectivity index (χ1) is 7.52. The van der Waals surface area contributed by atoms with E-state index in [1.807, 2.05) is 0 Å². The van der Waals surface area contributed by atoms with Crippen molar-refractivity contribution in [1.29, 1.82) is 0 Å². The van der Waals surface area contributed by atoms with Crippen molar-refractivity contribution in [2.75, 3.05) is 19.8 Å². The summed E-state index contributed by atoms with van der Waals surface area (Å²) in [6, 6.07) is 0. The Hall–Kier alpha value is 0.140. The number of phosphoric acid groups is 1. The van der Waals surface area contributed by atoms with E-state index >= 15 is 0 Å². The van der Waals surface area contributed by atoms with Crippen LogP contribution in [0.5, 0.6) is 0 Å². The molecular weight excluding hydrogens is 282 g/mol. The largest absolute Gasteiger partial charge is 0.470 e. The summed E-state index contributed by atoms with van der Waals surface area (Å²) in [6.07, 6.45) is 0. The molecule has 0 aliphatic heterocycles. The molecule has 0 aliphatic rings. The third kappa shape index (κ3) is 4.72. The second-order valence-electron chi connectivity index (χ2n) is 3.37. The van der Waals surface area contributed by atoms with Gasteiger partial charge in [-0.15, -0.1) is 0 Å². The van der Waals surface area contributed by atoms with Gasteiger partial charge in [0.1, 0.15) is 0 Å². The summed E-state index contributed by atoms with van der Waals surface area (Å²) in [5, 5.41) is 26.7. The van der Waals surface area contributed by atoms with Crippen LogP contribution < -0.4 is 0 Å². The number of phosphoric ester groups is 1. The Balaban J connectivity index is 5.45. The third-order valence-corrected chi connectivity index (χ3v) is 3.93. The predicted molar refractivity (Wildman–Crippen MR) is 52.7 cm³/mol. The first-order valence-corrected chi connectivity index (χ1v) is 7.35. The van der Waals surface area contributed by atoms with Gasteiger partial charge in [-0.3, -0.25) is 9.09 Å². The first-order valence-electron chi connectivity index (χ1n) is 4.14. The molecule has 0 aliphatic carbocycles. The van der Waals surface area contributed by atoms with E-state index in [-0.39, 0.29) is 0 Å². The van der Waals surface area contributed by atoms with Crippen LogP contribution in [0.1, 0.15) is 0 Å². The fourth-order valence-electron chi connectivity index (χ4n) is 1.04. The zero-order valence-electron chi connectivity index (χ0n) is 8.45. The van der Waals surface area contributed by atoms with Crippen LogP contribution in [0, 0.1) is 5.41 Å². The lowest BCUT2D eigenvalue weighted by Gasteiger charge is -2.35. The molecule has 0 rings (SSSR count). The summed E-state index contributed by atoms with van der Waals surface area (Å²) in [4.78, 5) is 34.8. The molecule has 0 aromatic heterocycles. The summed E-state index contributed by atoms with van der Waals surface area (Å²) >= 11 is 0. The van der Waals surface area contributed by atoms with Crippen molar-refractivity contribution in [3.05, 3.63) is 0 Å². The van der Waals surface area contributed by atoms with Gasteiger partial charge in [-0.1, -0.05) is 0 Å². The van der Waals surface area contributed by atoms with Crippen molar-refractivity contribution >= 4 is 15.4 Å². The Kier molecular flexibility index (Phi) is 5.90. The van der Waals surface area contributed by atoms with E-state index in [2.05, 4.69) is 4.52 Å². The van der Waals surface area contributed by atoms with Crippen molar-refractivity contribution in [2.45, 2.75) is 5.85 Å². The molecule has 7 N–H and O–H groups in total. The van der Waals surface area contributed by atoms with Gasteiger partial charge in [0.2, 0.25) is 0 Å². The minimum absolute atomic E-state index is 1.14. The van der Waals surface area contributed by atoms with Gasteiger partial charge in [0.05, 0.1) is 25.2 Å². The van der Waals surface area contributed by atoms with E-state index in [1.165, 1.54) is 0 Å². The van der Waals surface area contributed by atoms with Crippen LogP contribution in [0.4, 0.5) is 0 Å². The van der Waals surface area contributed by atoms with E-state index in [4.69, 9.17) is 34.9 Å². The fraction of sp³-hybridized carbons (Fsp3) is 1.00. The van der Waals surface area contributed by atoms with Crippen LogP contribution in [-0.2, 0) is 13.7 Å². The summed E-state index contributed by atoms with van der Waals surface area (Å²) in [5.41, 5.74) is -2.28. The van der Waals surface area contributed by atoms with E-state index < -0.39 is 46.5 Å².